The van der Waals surface area contributed by atoms with Gasteiger partial charge in [0, 0.05) is 38.7 Å². The molecule has 0 radical (unpaired) electrons. The molecular formula is C15H25NO3S2. The highest BCUT2D eigenvalue weighted by Gasteiger charge is 2.50. The van der Waals surface area contributed by atoms with Crippen molar-refractivity contribution in [3.8, 4) is 0 Å². The molecule has 21 heavy (non-hydrogen) atoms. The van der Waals surface area contributed by atoms with Crippen LogP contribution in [0.25, 0.3) is 0 Å². The number of carbonyl (C=O) groups is 1. The van der Waals surface area contributed by atoms with E-state index in [9.17, 15) is 4.79 Å². The molecule has 120 valence electrons. The Morgan fingerprint density at radius 2 is 2.19 bits per heavy atom. The van der Waals surface area contributed by atoms with E-state index >= 15 is 0 Å². The summed E-state index contributed by atoms with van der Waals surface area (Å²) in [5, 5.41) is 0. The van der Waals surface area contributed by atoms with E-state index in [0.717, 1.165) is 57.9 Å². The predicted octanol–water partition coefficient (Wildman–Crippen LogP) is 1.88. The van der Waals surface area contributed by atoms with E-state index in [4.69, 9.17) is 9.47 Å². The maximum atomic E-state index is 11.8. The average molecular weight is 332 g/mol. The molecule has 0 aromatic heterocycles. The third kappa shape index (κ3) is 3.89. The van der Waals surface area contributed by atoms with Crippen molar-refractivity contribution in [3.63, 3.8) is 0 Å². The summed E-state index contributed by atoms with van der Waals surface area (Å²) in [6.07, 6.45) is 5.77. The molecule has 6 heteroatoms. The summed E-state index contributed by atoms with van der Waals surface area (Å²) < 4.78 is 11.8. The molecule has 0 aromatic carbocycles. The second-order valence-electron chi connectivity index (χ2n) is 6.39. The Bertz CT molecular complexity index is 368. The van der Waals surface area contributed by atoms with Crippen LogP contribution in [0.5, 0.6) is 0 Å². The Kier molecular flexibility index (Phi) is 5.41. The number of likely N-dealkylation sites (tertiary alicyclic amines) is 1. The molecule has 3 aliphatic heterocycles. The lowest BCUT2D eigenvalue weighted by Gasteiger charge is -2.47. The summed E-state index contributed by atoms with van der Waals surface area (Å²) in [6.45, 7) is 4.52. The zero-order chi connectivity index (χ0) is 14.7. The summed E-state index contributed by atoms with van der Waals surface area (Å²) in [5.41, 5.74) is 0. The van der Waals surface area contributed by atoms with Crippen molar-refractivity contribution in [2.45, 2.75) is 30.1 Å². The molecule has 1 amide bonds. The fourth-order valence-corrected chi connectivity index (χ4v) is 5.34. The molecule has 3 heterocycles. The van der Waals surface area contributed by atoms with E-state index in [1.807, 2.05) is 22.9 Å². The molecule has 3 saturated heterocycles. The van der Waals surface area contributed by atoms with Crippen molar-refractivity contribution in [1.29, 1.82) is 0 Å². The van der Waals surface area contributed by atoms with Crippen LogP contribution in [0.2, 0.25) is 0 Å². The molecule has 0 bridgehead atoms. The summed E-state index contributed by atoms with van der Waals surface area (Å²) >= 11 is 3.62. The second kappa shape index (κ2) is 7.11. The molecule has 0 aliphatic carbocycles. The van der Waals surface area contributed by atoms with Crippen LogP contribution in [0.1, 0.15) is 19.3 Å². The van der Waals surface area contributed by atoms with Gasteiger partial charge in [-0.15, -0.1) is 11.8 Å². The first-order valence-electron chi connectivity index (χ1n) is 7.81. The SMILES string of the molecule is CSCC(=O)N1CC2(C[C@H](OCC3CCOCC3)CS2)C1. The molecule has 1 spiro atoms. The van der Waals surface area contributed by atoms with E-state index in [-0.39, 0.29) is 0 Å². The zero-order valence-corrected chi connectivity index (χ0v) is 14.3. The summed E-state index contributed by atoms with van der Waals surface area (Å²) in [5.74, 6) is 2.68. The van der Waals surface area contributed by atoms with Gasteiger partial charge in [-0.2, -0.15) is 11.8 Å². The maximum absolute atomic E-state index is 11.8. The third-order valence-corrected chi connectivity index (χ3v) is 6.77. The van der Waals surface area contributed by atoms with Gasteiger partial charge < -0.3 is 14.4 Å². The Morgan fingerprint density at radius 3 is 2.90 bits per heavy atom. The molecule has 3 rings (SSSR count). The molecule has 3 aliphatic rings. The van der Waals surface area contributed by atoms with Crippen molar-refractivity contribution in [1.82, 2.24) is 4.90 Å². The first-order valence-corrected chi connectivity index (χ1v) is 10.2. The van der Waals surface area contributed by atoms with E-state index in [2.05, 4.69) is 0 Å². The molecule has 0 saturated carbocycles. The number of rotatable bonds is 5. The lowest BCUT2D eigenvalue weighted by Crippen LogP contribution is -2.61. The first-order chi connectivity index (χ1) is 10.2. The Labute approximate surface area is 135 Å². The van der Waals surface area contributed by atoms with Gasteiger partial charge in [-0.1, -0.05) is 0 Å². The fraction of sp³-hybridized carbons (Fsp3) is 0.933. The summed E-state index contributed by atoms with van der Waals surface area (Å²) in [7, 11) is 0. The molecule has 1 atom stereocenters. The number of amides is 1. The van der Waals surface area contributed by atoms with Gasteiger partial charge in [0.15, 0.2) is 0 Å². The van der Waals surface area contributed by atoms with Crippen LogP contribution in [0, 0.1) is 5.92 Å². The zero-order valence-electron chi connectivity index (χ0n) is 12.7. The molecule has 0 unspecified atom stereocenters. The average Bonchev–Trinajstić information content (AvgIpc) is 2.89. The van der Waals surface area contributed by atoms with Gasteiger partial charge in [0.25, 0.3) is 0 Å². The van der Waals surface area contributed by atoms with Gasteiger partial charge in [-0.3, -0.25) is 4.79 Å². The van der Waals surface area contributed by atoms with Gasteiger partial charge in [0.2, 0.25) is 5.91 Å². The van der Waals surface area contributed by atoms with Gasteiger partial charge in [0.05, 0.1) is 16.6 Å². The quantitative estimate of drug-likeness (QED) is 0.769. The predicted molar refractivity (Wildman–Crippen MR) is 88.1 cm³/mol. The second-order valence-corrected chi connectivity index (χ2v) is 8.75. The van der Waals surface area contributed by atoms with E-state index in [1.54, 1.807) is 11.8 Å². The molecule has 4 nitrogen and oxygen atoms in total. The van der Waals surface area contributed by atoms with Crippen LogP contribution < -0.4 is 0 Å². The van der Waals surface area contributed by atoms with Crippen molar-refractivity contribution in [3.05, 3.63) is 0 Å². The van der Waals surface area contributed by atoms with Crippen molar-refractivity contribution in [2.24, 2.45) is 5.92 Å². The number of carbonyl (C=O) groups excluding carboxylic acids is 1. The minimum Gasteiger partial charge on any atom is -0.381 e. The minimum atomic E-state index is 0.292. The van der Waals surface area contributed by atoms with Crippen molar-refractivity contribution in [2.75, 3.05) is 50.7 Å². The largest absolute Gasteiger partial charge is 0.381 e. The number of hydrogen-bond acceptors (Lipinski definition) is 5. The number of nitrogens with zero attached hydrogens (tertiary/aromatic N) is 1. The normalized spacial score (nSPS) is 28.8. The minimum absolute atomic E-state index is 0.292. The van der Waals surface area contributed by atoms with Gasteiger partial charge in [0.1, 0.15) is 0 Å². The number of hydrogen-bond donors (Lipinski definition) is 0. The Balaban J connectivity index is 1.37. The molecule has 3 fully saturated rings. The highest BCUT2D eigenvalue weighted by Crippen LogP contribution is 2.46. The van der Waals surface area contributed by atoms with Gasteiger partial charge >= 0.3 is 0 Å². The van der Waals surface area contributed by atoms with E-state index < -0.39 is 0 Å². The monoisotopic (exact) mass is 331 g/mol. The Hall–Kier alpha value is 0.0900. The van der Waals surface area contributed by atoms with Crippen LogP contribution in [0.15, 0.2) is 0 Å². The third-order valence-electron chi connectivity index (χ3n) is 4.66. The maximum Gasteiger partial charge on any atom is 0.232 e. The van der Waals surface area contributed by atoms with Crippen LogP contribution in [-0.4, -0.2) is 72.3 Å². The Morgan fingerprint density at radius 1 is 1.43 bits per heavy atom. The smallest absolute Gasteiger partial charge is 0.232 e. The van der Waals surface area contributed by atoms with Crippen molar-refractivity contribution < 1.29 is 14.3 Å². The standard InChI is InChI=1S/C15H25NO3S2/c1-20-9-14(17)16-10-15(11-16)6-13(8-21-15)19-7-12-2-4-18-5-3-12/h12-13H,2-11H2,1H3/t13-/m0/s1. The fourth-order valence-electron chi connectivity index (χ4n) is 3.36. The molecule has 0 N–H and O–H groups in total. The highest BCUT2D eigenvalue weighted by atomic mass is 32.2. The first kappa shape index (κ1) is 16.0. The molecule has 0 aromatic rings. The van der Waals surface area contributed by atoms with Crippen molar-refractivity contribution >= 4 is 29.4 Å². The van der Waals surface area contributed by atoms with E-state index in [0.29, 0.717) is 28.4 Å². The topological polar surface area (TPSA) is 38.8 Å². The van der Waals surface area contributed by atoms with Gasteiger partial charge in [-0.05, 0) is 31.4 Å². The summed E-state index contributed by atoms with van der Waals surface area (Å²) in [4.78, 5) is 13.8. The van der Waals surface area contributed by atoms with Crippen LogP contribution >= 0.6 is 23.5 Å². The number of ether oxygens (including phenoxy) is 2. The lowest BCUT2D eigenvalue weighted by atomic mass is 9.93. The van der Waals surface area contributed by atoms with E-state index in [1.165, 1.54) is 0 Å². The molecular weight excluding hydrogens is 306 g/mol. The number of thioether (sulfide) groups is 2. The van der Waals surface area contributed by atoms with Crippen LogP contribution in [-0.2, 0) is 14.3 Å². The van der Waals surface area contributed by atoms with Gasteiger partial charge in [-0.25, -0.2) is 0 Å². The van der Waals surface area contributed by atoms with Crippen LogP contribution in [0.4, 0.5) is 0 Å². The highest BCUT2D eigenvalue weighted by molar-refractivity contribution is 8.01. The summed E-state index contributed by atoms with van der Waals surface area (Å²) in [6, 6.07) is 0. The van der Waals surface area contributed by atoms with Crippen LogP contribution in [0.3, 0.4) is 0 Å². The lowest BCUT2D eigenvalue weighted by molar-refractivity contribution is -0.133.